The van der Waals surface area contributed by atoms with Crippen LogP contribution in [0.1, 0.15) is 11.1 Å². The first kappa shape index (κ1) is 14.3. The normalized spacial score (nSPS) is 10.7. The molecule has 110 valence electrons. The summed E-state index contributed by atoms with van der Waals surface area (Å²) in [6, 6.07) is 18.2. The lowest BCUT2D eigenvalue weighted by Crippen LogP contribution is -2.22. The number of hydrogen-bond donors (Lipinski definition) is 0. The van der Waals surface area contributed by atoms with Crippen molar-refractivity contribution in [1.82, 2.24) is 9.55 Å². The minimum Gasteiger partial charge on any atom is -0.295 e. The highest BCUT2D eigenvalue weighted by Crippen LogP contribution is 2.23. The minimum absolute atomic E-state index is 0.242. The van der Waals surface area contributed by atoms with Gasteiger partial charge in [-0.3, -0.25) is 4.57 Å². The number of hydrogen-bond acceptors (Lipinski definition) is 2. The lowest BCUT2D eigenvalue weighted by Gasteiger charge is -2.10. The average molecular weight is 290 g/mol. The number of aromatic nitrogens is 2. The third-order valence-electron chi connectivity index (χ3n) is 3.83. The lowest BCUT2D eigenvalue weighted by molar-refractivity contribution is 0.822. The number of aryl methyl sites for hydroxylation is 2. The molecule has 3 nitrogen and oxygen atoms in total. The van der Waals surface area contributed by atoms with Crippen molar-refractivity contribution < 1.29 is 0 Å². The van der Waals surface area contributed by atoms with Gasteiger partial charge in [0.2, 0.25) is 0 Å². The third-order valence-corrected chi connectivity index (χ3v) is 3.83. The van der Waals surface area contributed by atoms with Gasteiger partial charge in [-0.25, -0.2) is 4.79 Å². The van der Waals surface area contributed by atoms with Crippen LogP contribution in [-0.4, -0.2) is 9.55 Å². The summed E-state index contributed by atoms with van der Waals surface area (Å²) in [4.78, 5) is 16.4. The molecular formula is C19H18N2O. The molecule has 1 aromatic heterocycles. The predicted molar refractivity (Wildman–Crippen MR) is 89.8 cm³/mol. The standard InChI is InChI=1S/C19H18N2O/c1-13-4-8-15(9-5-13)17-12-18(21(3)19(22)20-17)16-10-6-14(2)7-11-16/h4-12H,1-3H3. The molecule has 0 aliphatic rings. The Bertz CT molecular complexity index is 859. The number of rotatable bonds is 2. The van der Waals surface area contributed by atoms with Gasteiger partial charge < -0.3 is 0 Å². The van der Waals surface area contributed by atoms with Gasteiger partial charge in [0.1, 0.15) is 0 Å². The first-order valence-corrected chi connectivity index (χ1v) is 7.27. The van der Waals surface area contributed by atoms with Crippen LogP contribution in [0.25, 0.3) is 22.5 Å². The van der Waals surface area contributed by atoms with Gasteiger partial charge in [-0.1, -0.05) is 59.7 Å². The molecule has 22 heavy (non-hydrogen) atoms. The molecule has 3 rings (SSSR count). The molecule has 0 radical (unpaired) electrons. The predicted octanol–water partition coefficient (Wildman–Crippen LogP) is 3.73. The van der Waals surface area contributed by atoms with E-state index in [9.17, 15) is 4.79 Å². The first-order valence-electron chi connectivity index (χ1n) is 7.27. The molecule has 0 bridgehead atoms. The van der Waals surface area contributed by atoms with Gasteiger partial charge in [0.15, 0.2) is 0 Å². The van der Waals surface area contributed by atoms with E-state index in [1.54, 1.807) is 11.6 Å². The molecular weight excluding hydrogens is 272 g/mol. The van der Waals surface area contributed by atoms with E-state index in [2.05, 4.69) is 4.98 Å². The van der Waals surface area contributed by atoms with Crippen molar-refractivity contribution in [3.05, 3.63) is 76.2 Å². The third kappa shape index (κ3) is 2.70. The van der Waals surface area contributed by atoms with Gasteiger partial charge >= 0.3 is 5.69 Å². The van der Waals surface area contributed by atoms with Crippen molar-refractivity contribution in [3.63, 3.8) is 0 Å². The second kappa shape index (κ2) is 5.60. The Morgan fingerprint density at radius 1 is 0.818 bits per heavy atom. The van der Waals surface area contributed by atoms with E-state index in [0.717, 1.165) is 16.8 Å². The Balaban J connectivity index is 2.17. The van der Waals surface area contributed by atoms with Crippen LogP contribution in [0, 0.1) is 13.8 Å². The van der Waals surface area contributed by atoms with E-state index < -0.39 is 0 Å². The summed E-state index contributed by atoms with van der Waals surface area (Å²) < 4.78 is 1.59. The SMILES string of the molecule is Cc1ccc(-c2cc(-c3ccc(C)cc3)n(C)c(=O)n2)cc1. The van der Waals surface area contributed by atoms with Crippen LogP contribution in [0.15, 0.2) is 59.4 Å². The van der Waals surface area contributed by atoms with E-state index in [-0.39, 0.29) is 5.69 Å². The molecule has 3 aromatic rings. The smallest absolute Gasteiger partial charge is 0.295 e. The van der Waals surface area contributed by atoms with Crippen LogP contribution in [0.2, 0.25) is 0 Å². The molecule has 1 heterocycles. The lowest BCUT2D eigenvalue weighted by atomic mass is 10.1. The van der Waals surface area contributed by atoms with Gasteiger partial charge in [-0.2, -0.15) is 4.98 Å². The molecule has 0 fully saturated rings. The maximum atomic E-state index is 12.2. The second-order valence-electron chi connectivity index (χ2n) is 5.60. The monoisotopic (exact) mass is 290 g/mol. The van der Waals surface area contributed by atoms with Gasteiger partial charge in [-0.15, -0.1) is 0 Å². The van der Waals surface area contributed by atoms with E-state index in [0.29, 0.717) is 5.69 Å². The fraction of sp³-hybridized carbons (Fsp3) is 0.158. The maximum Gasteiger partial charge on any atom is 0.348 e. The van der Waals surface area contributed by atoms with Crippen LogP contribution < -0.4 is 5.69 Å². The minimum atomic E-state index is -0.242. The average Bonchev–Trinajstić information content (AvgIpc) is 2.52. The number of benzene rings is 2. The highest BCUT2D eigenvalue weighted by molar-refractivity contribution is 5.68. The molecule has 0 spiro atoms. The van der Waals surface area contributed by atoms with E-state index in [1.165, 1.54) is 11.1 Å². The Hall–Kier alpha value is -2.68. The molecule has 0 aliphatic carbocycles. The van der Waals surface area contributed by atoms with Crippen LogP contribution in [0.5, 0.6) is 0 Å². The molecule has 0 saturated carbocycles. The highest BCUT2D eigenvalue weighted by atomic mass is 16.1. The van der Waals surface area contributed by atoms with Gasteiger partial charge in [-0.05, 0) is 25.5 Å². The number of nitrogens with zero attached hydrogens (tertiary/aromatic N) is 2. The zero-order chi connectivity index (χ0) is 15.7. The second-order valence-corrected chi connectivity index (χ2v) is 5.60. The molecule has 0 amide bonds. The summed E-state index contributed by atoms with van der Waals surface area (Å²) in [5.74, 6) is 0. The van der Waals surface area contributed by atoms with Crippen molar-refractivity contribution in [2.75, 3.05) is 0 Å². The summed E-state index contributed by atoms with van der Waals surface area (Å²) in [7, 11) is 1.75. The quantitative estimate of drug-likeness (QED) is 0.721. The summed E-state index contributed by atoms with van der Waals surface area (Å²) in [6.45, 7) is 4.09. The van der Waals surface area contributed by atoms with Crippen LogP contribution in [0.4, 0.5) is 0 Å². The Morgan fingerprint density at radius 3 is 1.86 bits per heavy atom. The molecule has 2 aromatic carbocycles. The zero-order valence-corrected chi connectivity index (χ0v) is 13.0. The summed E-state index contributed by atoms with van der Waals surface area (Å²) in [5, 5.41) is 0. The van der Waals surface area contributed by atoms with Crippen molar-refractivity contribution in [2.24, 2.45) is 7.05 Å². The summed E-state index contributed by atoms with van der Waals surface area (Å²) in [6.07, 6.45) is 0. The van der Waals surface area contributed by atoms with Gasteiger partial charge in [0, 0.05) is 12.6 Å². The van der Waals surface area contributed by atoms with Gasteiger partial charge in [0.05, 0.1) is 11.4 Å². The fourth-order valence-corrected chi connectivity index (χ4v) is 2.41. The largest absolute Gasteiger partial charge is 0.348 e. The first-order chi connectivity index (χ1) is 10.5. The molecule has 0 aliphatic heterocycles. The van der Waals surface area contributed by atoms with Crippen molar-refractivity contribution in [3.8, 4) is 22.5 Å². The summed E-state index contributed by atoms with van der Waals surface area (Å²) in [5.41, 5.74) is 5.69. The van der Waals surface area contributed by atoms with Crippen molar-refractivity contribution in [1.29, 1.82) is 0 Å². The van der Waals surface area contributed by atoms with Crippen LogP contribution in [-0.2, 0) is 7.05 Å². The van der Waals surface area contributed by atoms with E-state index in [4.69, 9.17) is 0 Å². The molecule has 0 N–H and O–H groups in total. The molecule has 0 unspecified atom stereocenters. The Labute approximate surface area is 129 Å². The molecule has 0 atom stereocenters. The van der Waals surface area contributed by atoms with E-state index in [1.807, 2.05) is 68.4 Å². The van der Waals surface area contributed by atoms with Crippen molar-refractivity contribution >= 4 is 0 Å². The molecule has 3 heteroatoms. The van der Waals surface area contributed by atoms with Crippen LogP contribution >= 0.6 is 0 Å². The topological polar surface area (TPSA) is 34.9 Å². The highest BCUT2D eigenvalue weighted by Gasteiger charge is 2.09. The van der Waals surface area contributed by atoms with Crippen LogP contribution in [0.3, 0.4) is 0 Å². The van der Waals surface area contributed by atoms with E-state index >= 15 is 0 Å². The molecule has 0 saturated heterocycles. The Kier molecular flexibility index (Phi) is 3.63. The van der Waals surface area contributed by atoms with Crippen molar-refractivity contribution in [2.45, 2.75) is 13.8 Å². The summed E-state index contributed by atoms with van der Waals surface area (Å²) >= 11 is 0. The fourth-order valence-electron chi connectivity index (χ4n) is 2.41. The zero-order valence-electron chi connectivity index (χ0n) is 13.0. The maximum absolute atomic E-state index is 12.2. The Morgan fingerprint density at radius 2 is 1.32 bits per heavy atom. The van der Waals surface area contributed by atoms with Gasteiger partial charge in [0.25, 0.3) is 0 Å².